The molecule has 1 aromatic heterocycles. The Labute approximate surface area is 126 Å². The second-order valence-corrected chi connectivity index (χ2v) is 4.56. The van der Waals surface area contributed by atoms with Gasteiger partial charge in [-0.2, -0.15) is 0 Å². The van der Waals surface area contributed by atoms with Crippen LogP contribution >= 0.6 is 11.6 Å². The molecule has 0 saturated heterocycles. The molecular formula is C13H14ClN5O2. The van der Waals surface area contributed by atoms with Gasteiger partial charge in [-0.25, -0.2) is 9.97 Å². The summed E-state index contributed by atoms with van der Waals surface area (Å²) >= 11 is 6.05. The summed E-state index contributed by atoms with van der Waals surface area (Å²) in [4.78, 5) is 18.5. The van der Waals surface area contributed by atoms with Gasteiger partial charge in [-0.3, -0.25) is 10.1 Å². The fraction of sp³-hybridized carbons (Fsp3) is 0.231. The number of nitrogens with one attached hydrogen (secondary N) is 2. The number of rotatable bonds is 6. The topological polar surface area (TPSA) is 93.0 Å². The molecule has 1 aromatic carbocycles. The number of halogens is 1. The predicted molar refractivity (Wildman–Crippen MR) is 81.6 cm³/mol. The minimum Gasteiger partial charge on any atom is -0.364 e. The minimum absolute atomic E-state index is 0.158. The number of anilines is 2. The van der Waals surface area contributed by atoms with E-state index < -0.39 is 4.92 Å². The number of nitro groups is 1. The first-order chi connectivity index (χ1) is 10.1. The zero-order valence-electron chi connectivity index (χ0n) is 11.3. The number of hydrogen-bond donors (Lipinski definition) is 2. The highest BCUT2D eigenvalue weighted by molar-refractivity contribution is 6.31. The smallest absolute Gasteiger partial charge is 0.353 e. The van der Waals surface area contributed by atoms with E-state index in [1.807, 2.05) is 25.1 Å². The van der Waals surface area contributed by atoms with E-state index in [2.05, 4.69) is 20.6 Å². The van der Waals surface area contributed by atoms with E-state index in [4.69, 9.17) is 11.6 Å². The van der Waals surface area contributed by atoms with Gasteiger partial charge in [0.05, 0.1) is 4.92 Å². The Kier molecular flexibility index (Phi) is 4.89. The Morgan fingerprint density at radius 1 is 1.24 bits per heavy atom. The van der Waals surface area contributed by atoms with E-state index in [0.29, 0.717) is 18.1 Å². The van der Waals surface area contributed by atoms with Crippen molar-refractivity contribution < 1.29 is 4.92 Å². The second kappa shape index (κ2) is 6.85. The summed E-state index contributed by atoms with van der Waals surface area (Å²) in [6, 6.07) is 7.27. The number of benzene rings is 1. The van der Waals surface area contributed by atoms with Crippen LogP contribution in [0.25, 0.3) is 0 Å². The maximum Gasteiger partial charge on any atom is 0.353 e. The average Bonchev–Trinajstić information content (AvgIpc) is 2.46. The molecule has 0 aliphatic carbocycles. The lowest BCUT2D eigenvalue weighted by Gasteiger charge is -2.09. The van der Waals surface area contributed by atoms with Gasteiger partial charge in [-0.05, 0) is 18.6 Å². The minimum atomic E-state index is -0.507. The summed E-state index contributed by atoms with van der Waals surface area (Å²) in [6.45, 7) is 2.70. The average molecular weight is 308 g/mol. The van der Waals surface area contributed by atoms with Gasteiger partial charge in [0.2, 0.25) is 11.6 Å². The molecule has 0 aliphatic rings. The van der Waals surface area contributed by atoms with Gasteiger partial charge in [0, 0.05) is 18.1 Å². The summed E-state index contributed by atoms with van der Waals surface area (Å²) in [7, 11) is 0. The molecule has 0 aliphatic heterocycles. The van der Waals surface area contributed by atoms with E-state index in [1.165, 1.54) is 6.33 Å². The third-order valence-corrected chi connectivity index (χ3v) is 3.12. The van der Waals surface area contributed by atoms with Gasteiger partial charge in [-0.1, -0.05) is 29.8 Å². The van der Waals surface area contributed by atoms with Crippen LogP contribution in [0.5, 0.6) is 0 Å². The molecule has 2 rings (SSSR count). The monoisotopic (exact) mass is 307 g/mol. The summed E-state index contributed by atoms with van der Waals surface area (Å²) in [5, 5.41) is 17.6. The largest absolute Gasteiger partial charge is 0.364 e. The molecule has 0 radical (unpaired) electrons. The third-order valence-electron chi connectivity index (χ3n) is 2.75. The predicted octanol–water partition coefficient (Wildman–Crippen LogP) is 3.08. The van der Waals surface area contributed by atoms with Crippen molar-refractivity contribution in [2.24, 2.45) is 0 Å². The number of hydrogen-bond acceptors (Lipinski definition) is 6. The highest BCUT2D eigenvalue weighted by atomic mass is 35.5. The van der Waals surface area contributed by atoms with Crippen LogP contribution in [0.2, 0.25) is 5.02 Å². The maximum atomic E-state index is 11.2. The first-order valence-electron chi connectivity index (χ1n) is 6.34. The fourth-order valence-electron chi connectivity index (χ4n) is 1.80. The normalized spacial score (nSPS) is 10.2. The van der Waals surface area contributed by atoms with Crippen molar-refractivity contribution in [3.63, 3.8) is 0 Å². The van der Waals surface area contributed by atoms with Crippen molar-refractivity contribution in [1.29, 1.82) is 0 Å². The van der Waals surface area contributed by atoms with E-state index in [1.54, 1.807) is 6.07 Å². The zero-order valence-corrected chi connectivity index (χ0v) is 12.1. The summed E-state index contributed by atoms with van der Waals surface area (Å²) in [6.07, 6.45) is 1.28. The molecular weight excluding hydrogens is 294 g/mol. The van der Waals surface area contributed by atoms with Gasteiger partial charge < -0.3 is 10.6 Å². The van der Waals surface area contributed by atoms with Crippen LogP contribution in [0.15, 0.2) is 30.6 Å². The van der Waals surface area contributed by atoms with Crippen LogP contribution in [0.3, 0.4) is 0 Å². The molecule has 0 bridgehead atoms. The summed E-state index contributed by atoms with van der Waals surface area (Å²) in [5.74, 6) is 0.352. The molecule has 0 unspecified atom stereocenters. The lowest BCUT2D eigenvalue weighted by Crippen LogP contribution is -2.09. The number of nitrogens with zero attached hydrogens (tertiary/aromatic N) is 3. The van der Waals surface area contributed by atoms with Gasteiger partial charge in [-0.15, -0.1) is 0 Å². The molecule has 0 atom stereocenters. The van der Waals surface area contributed by atoms with E-state index >= 15 is 0 Å². The van der Waals surface area contributed by atoms with E-state index in [0.717, 1.165) is 5.56 Å². The highest BCUT2D eigenvalue weighted by Gasteiger charge is 2.22. The maximum absolute atomic E-state index is 11.2. The second-order valence-electron chi connectivity index (χ2n) is 4.15. The van der Waals surface area contributed by atoms with Crippen LogP contribution in [-0.4, -0.2) is 21.4 Å². The highest BCUT2D eigenvalue weighted by Crippen LogP contribution is 2.29. The van der Waals surface area contributed by atoms with Gasteiger partial charge in [0.15, 0.2) is 0 Å². The molecule has 0 spiro atoms. The van der Waals surface area contributed by atoms with Crippen molar-refractivity contribution in [2.75, 3.05) is 17.2 Å². The van der Waals surface area contributed by atoms with Gasteiger partial charge >= 0.3 is 5.69 Å². The lowest BCUT2D eigenvalue weighted by atomic mass is 10.2. The molecule has 21 heavy (non-hydrogen) atoms. The van der Waals surface area contributed by atoms with Crippen molar-refractivity contribution in [3.8, 4) is 0 Å². The molecule has 7 nitrogen and oxygen atoms in total. The molecule has 2 aromatic rings. The van der Waals surface area contributed by atoms with E-state index in [-0.39, 0.29) is 17.3 Å². The number of aromatic nitrogens is 2. The Hall–Kier alpha value is -2.41. The molecule has 110 valence electrons. The Balaban J connectivity index is 2.25. The lowest BCUT2D eigenvalue weighted by molar-refractivity contribution is -0.383. The molecule has 0 amide bonds. The van der Waals surface area contributed by atoms with Crippen molar-refractivity contribution in [3.05, 3.63) is 51.3 Å². The summed E-state index contributed by atoms with van der Waals surface area (Å²) in [5.41, 5.74) is 0.656. The van der Waals surface area contributed by atoms with Crippen molar-refractivity contribution in [1.82, 2.24) is 9.97 Å². The fourth-order valence-corrected chi connectivity index (χ4v) is 2.00. The quantitative estimate of drug-likeness (QED) is 0.629. The van der Waals surface area contributed by atoms with Crippen LogP contribution in [0.4, 0.5) is 17.3 Å². The Morgan fingerprint density at radius 2 is 1.90 bits per heavy atom. The van der Waals surface area contributed by atoms with Crippen LogP contribution in [0.1, 0.15) is 12.5 Å². The van der Waals surface area contributed by atoms with Crippen LogP contribution in [0, 0.1) is 10.1 Å². The molecule has 2 N–H and O–H groups in total. The van der Waals surface area contributed by atoms with Crippen LogP contribution in [-0.2, 0) is 6.54 Å². The SMILES string of the molecule is CCNc1ncnc(NCc2ccccc2Cl)c1[N+](=O)[O-]. The molecule has 1 heterocycles. The van der Waals surface area contributed by atoms with Crippen molar-refractivity contribution >= 4 is 28.9 Å². The zero-order chi connectivity index (χ0) is 15.2. The first kappa shape index (κ1) is 15.0. The summed E-state index contributed by atoms with van der Waals surface area (Å²) < 4.78 is 0. The molecule has 0 saturated carbocycles. The van der Waals surface area contributed by atoms with Crippen LogP contribution < -0.4 is 10.6 Å². The van der Waals surface area contributed by atoms with Gasteiger partial charge in [0.25, 0.3) is 0 Å². The third kappa shape index (κ3) is 3.57. The molecule has 0 fully saturated rings. The van der Waals surface area contributed by atoms with E-state index in [9.17, 15) is 10.1 Å². The standard InChI is InChI=1S/C13H14ClN5O2/c1-2-15-12-11(19(20)21)13(18-8-17-12)16-7-9-5-3-4-6-10(9)14/h3-6,8H,2,7H2,1H3,(H2,15,16,17,18). The molecule has 8 heteroatoms. The first-order valence-corrected chi connectivity index (χ1v) is 6.71. The van der Waals surface area contributed by atoms with Crippen molar-refractivity contribution in [2.45, 2.75) is 13.5 Å². The Bertz CT molecular complexity index is 650. The van der Waals surface area contributed by atoms with Gasteiger partial charge in [0.1, 0.15) is 6.33 Å². The Morgan fingerprint density at radius 3 is 2.52 bits per heavy atom.